The Morgan fingerprint density at radius 3 is 2.62 bits per heavy atom. The molecule has 16 heavy (non-hydrogen) atoms. The normalized spacial score (nSPS) is 10.9. The lowest BCUT2D eigenvalue weighted by molar-refractivity contribution is 0.0314. The third kappa shape index (κ3) is 5.68. The number of hydrogen-bond acceptors (Lipinski definition) is 4. The van der Waals surface area contributed by atoms with Crippen molar-refractivity contribution in [1.29, 1.82) is 0 Å². The summed E-state index contributed by atoms with van der Waals surface area (Å²) in [4.78, 5) is 3.98. The molecule has 2 N–H and O–H groups in total. The van der Waals surface area contributed by atoms with Crippen molar-refractivity contribution in [2.75, 3.05) is 25.6 Å². The second-order valence-electron chi connectivity index (χ2n) is 4.11. The highest BCUT2D eigenvalue weighted by Gasteiger charge is 1.96. The molecule has 0 unspecified atom stereocenters. The molecule has 0 aliphatic heterocycles. The molecule has 0 fully saturated rings. The lowest BCUT2D eigenvalue weighted by Gasteiger charge is -2.07. The minimum atomic E-state index is 0.531. The van der Waals surface area contributed by atoms with E-state index in [4.69, 9.17) is 15.2 Å². The Balaban J connectivity index is 2.05. The van der Waals surface area contributed by atoms with E-state index < -0.39 is 0 Å². The molecule has 0 aliphatic rings. The predicted octanol–water partition coefficient (Wildman–Crippen LogP) is 1.85. The number of pyridine rings is 1. The fourth-order valence-electron chi connectivity index (χ4n) is 1.15. The number of hydrogen-bond donors (Lipinski definition) is 1. The SMILES string of the molecule is CC(C)COCCOCc1ccc(N)nc1. The molecule has 0 spiro atoms. The van der Waals surface area contributed by atoms with Gasteiger partial charge in [0.2, 0.25) is 0 Å². The molecule has 0 radical (unpaired) electrons. The zero-order valence-corrected chi connectivity index (χ0v) is 9.98. The monoisotopic (exact) mass is 224 g/mol. The summed E-state index contributed by atoms with van der Waals surface area (Å²) in [6, 6.07) is 3.69. The number of nitrogen functional groups attached to an aromatic ring is 1. The summed E-state index contributed by atoms with van der Waals surface area (Å²) in [6.45, 7) is 6.84. The predicted molar refractivity (Wildman–Crippen MR) is 64.0 cm³/mol. The van der Waals surface area contributed by atoms with Gasteiger partial charge >= 0.3 is 0 Å². The Morgan fingerprint density at radius 2 is 2.00 bits per heavy atom. The van der Waals surface area contributed by atoms with Gasteiger partial charge in [-0.3, -0.25) is 0 Å². The molecule has 1 heterocycles. The van der Waals surface area contributed by atoms with Crippen LogP contribution in [-0.4, -0.2) is 24.8 Å². The number of ether oxygens (including phenoxy) is 2. The van der Waals surface area contributed by atoms with Crippen LogP contribution in [0.15, 0.2) is 18.3 Å². The van der Waals surface area contributed by atoms with Crippen molar-refractivity contribution in [3.05, 3.63) is 23.9 Å². The maximum atomic E-state index is 5.48. The van der Waals surface area contributed by atoms with Crippen LogP contribution in [0.3, 0.4) is 0 Å². The second kappa shape index (κ2) is 7.19. The van der Waals surface area contributed by atoms with E-state index in [-0.39, 0.29) is 0 Å². The molecule has 0 amide bonds. The van der Waals surface area contributed by atoms with Crippen molar-refractivity contribution in [1.82, 2.24) is 4.98 Å². The van der Waals surface area contributed by atoms with Gasteiger partial charge in [0.25, 0.3) is 0 Å². The molecule has 0 saturated heterocycles. The quantitative estimate of drug-likeness (QED) is 0.718. The van der Waals surface area contributed by atoms with Crippen LogP contribution in [0.5, 0.6) is 0 Å². The minimum Gasteiger partial charge on any atom is -0.384 e. The lowest BCUT2D eigenvalue weighted by atomic mass is 10.2. The Labute approximate surface area is 96.8 Å². The number of nitrogens with zero attached hydrogens (tertiary/aromatic N) is 1. The Bertz CT molecular complexity index is 286. The summed E-state index contributed by atoms with van der Waals surface area (Å²) in [7, 11) is 0. The van der Waals surface area contributed by atoms with Gasteiger partial charge in [-0.15, -0.1) is 0 Å². The van der Waals surface area contributed by atoms with Gasteiger partial charge in [-0.05, 0) is 17.5 Å². The first-order valence-electron chi connectivity index (χ1n) is 5.54. The van der Waals surface area contributed by atoms with Crippen molar-refractivity contribution < 1.29 is 9.47 Å². The first-order chi connectivity index (χ1) is 7.68. The van der Waals surface area contributed by atoms with E-state index in [0.29, 0.717) is 31.6 Å². The highest BCUT2D eigenvalue weighted by atomic mass is 16.5. The van der Waals surface area contributed by atoms with E-state index in [1.807, 2.05) is 6.07 Å². The van der Waals surface area contributed by atoms with E-state index in [1.54, 1.807) is 12.3 Å². The van der Waals surface area contributed by atoms with Gasteiger partial charge in [0.15, 0.2) is 0 Å². The van der Waals surface area contributed by atoms with Gasteiger partial charge in [-0.25, -0.2) is 4.98 Å². The van der Waals surface area contributed by atoms with Crippen molar-refractivity contribution in [3.63, 3.8) is 0 Å². The average molecular weight is 224 g/mol. The molecular weight excluding hydrogens is 204 g/mol. The Hall–Kier alpha value is -1.13. The topological polar surface area (TPSA) is 57.4 Å². The number of anilines is 1. The largest absolute Gasteiger partial charge is 0.384 e. The summed E-state index contributed by atoms with van der Waals surface area (Å²) in [5, 5.41) is 0. The Morgan fingerprint density at radius 1 is 1.25 bits per heavy atom. The molecule has 1 aromatic rings. The van der Waals surface area contributed by atoms with Crippen LogP contribution in [0, 0.1) is 5.92 Å². The second-order valence-corrected chi connectivity index (χ2v) is 4.11. The van der Waals surface area contributed by atoms with Gasteiger partial charge < -0.3 is 15.2 Å². The summed E-state index contributed by atoms with van der Waals surface area (Å²) >= 11 is 0. The van der Waals surface area contributed by atoms with Gasteiger partial charge in [0.1, 0.15) is 5.82 Å². The van der Waals surface area contributed by atoms with Crippen LogP contribution < -0.4 is 5.73 Å². The van der Waals surface area contributed by atoms with E-state index in [0.717, 1.165) is 12.2 Å². The van der Waals surface area contributed by atoms with Crippen molar-refractivity contribution in [2.24, 2.45) is 5.92 Å². The zero-order chi connectivity index (χ0) is 11.8. The Kier molecular flexibility index (Phi) is 5.82. The van der Waals surface area contributed by atoms with Gasteiger partial charge in [-0.1, -0.05) is 19.9 Å². The highest BCUT2D eigenvalue weighted by molar-refractivity contribution is 5.28. The molecule has 0 saturated carbocycles. The fraction of sp³-hybridized carbons (Fsp3) is 0.583. The zero-order valence-electron chi connectivity index (χ0n) is 9.98. The van der Waals surface area contributed by atoms with Crippen molar-refractivity contribution >= 4 is 5.82 Å². The van der Waals surface area contributed by atoms with E-state index in [9.17, 15) is 0 Å². The molecule has 0 bridgehead atoms. The standard InChI is InChI=1S/C12H20N2O2/c1-10(2)8-15-5-6-16-9-11-3-4-12(13)14-7-11/h3-4,7,10H,5-6,8-9H2,1-2H3,(H2,13,14). The fourth-order valence-corrected chi connectivity index (χ4v) is 1.15. The summed E-state index contributed by atoms with van der Waals surface area (Å²) in [5.74, 6) is 1.10. The van der Waals surface area contributed by atoms with Crippen molar-refractivity contribution in [2.45, 2.75) is 20.5 Å². The molecule has 4 heteroatoms. The van der Waals surface area contributed by atoms with Crippen LogP contribution in [0.25, 0.3) is 0 Å². The van der Waals surface area contributed by atoms with Crippen LogP contribution in [0.1, 0.15) is 19.4 Å². The molecule has 1 rings (SSSR count). The van der Waals surface area contributed by atoms with Gasteiger partial charge in [0, 0.05) is 12.8 Å². The van der Waals surface area contributed by atoms with Crippen LogP contribution in [0.4, 0.5) is 5.82 Å². The molecular formula is C12H20N2O2. The highest BCUT2D eigenvalue weighted by Crippen LogP contribution is 2.02. The third-order valence-electron chi connectivity index (χ3n) is 1.94. The summed E-state index contributed by atoms with van der Waals surface area (Å²) < 4.78 is 10.8. The van der Waals surface area contributed by atoms with Crippen LogP contribution >= 0.6 is 0 Å². The lowest BCUT2D eigenvalue weighted by Crippen LogP contribution is -2.08. The maximum absolute atomic E-state index is 5.48. The summed E-state index contributed by atoms with van der Waals surface area (Å²) in [6.07, 6.45) is 1.73. The first-order valence-corrected chi connectivity index (χ1v) is 5.54. The van der Waals surface area contributed by atoms with Gasteiger partial charge in [0.05, 0.1) is 19.8 Å². The average Bonchev–Trinajstić information content (AvgIpc) is 2.25. The van der Waals surface area contributed by atoms with Crippen LogP contribution in [0.2, 0.25) is 0 Å². The van der Waals surface area contributed by atoms with E-state index >= 15 is 0 Å². The molecule has 0 atom stereocenters. The minimum absolute atomic E-state index is 0.531. The molecule has 4 nitrogen and oxygen atoms in total. The molecule has 0 aromatic carbocycles. The number of nitrogens with two attached hydrogens (primary N) is 1. The smallest absolute Gasteiger partial charge is 0.123 e. The number of aromatic nitrogens is 1. The number of rotatable bonds is 7. The van der Waals surface area contributed by atoms with Gasteiger partial charge in [-0.2, -0.15) is 0 Å². The molecule has 1 aromatic heterocycles. The maximum Gasteiger partial charge on any atom is 0.123 e. The third-order valence-corrected chi connectivity index (χ3v) is 1.94. The summed E-state index contributed by atoms with van der Waals surface area (Å²) in [5.41, 5.74) is 6.50. The molecule has 90 valence electrons. The molecule has 0 aliphatic carbocycles. The van der Waals surface area contributed by atoms with E-state index in [2.05, 4.69) is 18.8 Å². The first kappa shape index (κ1) is 12.9. The van der Waals surface area contributed by atoms with Crippen molar-refractivity contribution in [3.8, 4) is 0 Å². The van der Waals surface area contributed by atoms with E-state index in [1.165, 1.54) is 0 Å². The van der Waals surface area contributed by atoms with Crippen LogP contribution in [-0.2, 0) is 16.1 Å².